The standard InChI is InChI=1S/C25H33BN6O3/c1-18(33)22-17-32(29-28-22)23-11-10-21(16-27-23)31-14-12-30(13-15-31)20-8-6-19(7-9-20)26-34-24(2,3)25(4,5)35-26/h6-11,16-18,33H,12-15H2,1-5H3. The molecule has 2 saturated heterocycles. The van der Waals surface area contributed by atoms with Gasteiger partial charge in [0.05, 0.1) is 35.4 Å². The molecule has 10 heteroatoms. The predicted molar refractivity (Wildman–Crippen MR) is 136 cm³/mol. The third-order valence-electron chi connectivity index (χ3n) is 7.33. The SMILES string of the molecule is CC(O)c1cn(-c2ccc(N3CCN(c4ccc(B5OC(C)(C)C(C)(C)O5)cc4)CC3)cn2)nn1. The molecule has 3 aromatic rings. The molecule has 0 spiro atoms. The number of anilines is 2. The van der Waals surface area contributed by atoms with E-state index in [9.17, 15) is 5.11 Å². The second kappa shape index (κ2) is 8.93. The molecule has 1 N–H and O–H groups in total. The van der Waals surface area contributed by atoms with E-state index < -0.39 is 6.10 Å². The lowest BCUT2D eigenvalue weighted by Crippen LogP contribution is -2.46. The number of benzene rings is 1. The summed E-state index contributed by atoms with van der Waals surface area (Å²) in [6.07, 6.45) is 2.91. The van der Waals surface area contributed by atoms with Crippen LogP contribution in [0.15, 0.2) is 48.8 Å². The first kappa shape index (κ1) is 23.8. The number of aliphatic hydroxyl groups excluding tert-OH is 1. The lowest BCUT2D eigenvalue weighted by atomic mass is 9.79. The molecule has 1 aromatic carbocycles. The summed E-state index contributed by atoms with van der Waals surface area (Å²) in [7, 11) is -0.336. The zero-order valence-electron chi connectivity index (χ0n) is 21.0. The normalized spacial score (nSPS) is 20.3. The van der Waals surface area contributed by atoms with Gasteiger partial charge in [-0.25, -0.2) is 9.67 Å². The molecule has 4 heterocycles. The van der Waals surface area contributed by atoms with Gasteiger partial charge in [0, 0.05) is 31.9 Å². The third-order valence-corrected chi connectivity index (χ3v) is 7.33. The molecule has 5 rings (SSSR count). The molecule has 184 valence electrons. The highest BCUT2D eigenvalue weighted by Gasteiger charge is 2.51. The number of piperazine rings is 1. The Morgan fingerprint density at radius 2 is 1.46 bits per heavy atom. The average molecular weight is 476 g/mol. The Morgan fingerprint density at radius 1 is 0.886 bits per heavy atom. The van der Waals surface area contributed by atoms with Gasteiger partial charge in [-0.3, -0.25) is 0 Å². The fourth-order valence-corrected chi connectivity index (χ4v) is 4.33. The summed E-state index contributed by atoms with van der Waals surface area (Å²) in [4.78, 5) is 9.29. The van der Waals surface area contributed by atoms with Crippen molar-refractivity contribution in [1.29, 1.82) is 0 Å². The molecule has 2 aliphatic heterocycles. The first-order chi connectivity index (χ1) is 16.6. The van der Waals surface area contributed by atoms with E-state index in [0.29, 0.717) is 11.5 Å². The van der Waals surface area contributed by atoms with Crippen molar-refractivity contribution in [2.24, 2.45) is 0 Å². The number of aromatic nitrogens is 4. The first-order valence-corrected chi connectivity index (χ1v) is 12.2. The van der Waals surface area contributed by atoms with Gasteiger partial charge in [0.2, 0.25) is 0 Å². The minimum absolute atomic E-state index is 0.336. The van der Waals surface area contributed by atoms with Crippen LogP contribution >= 0.6 is 0 Å². The summed E-state index contributed by atoms with van der Waals surface area (Å²) >= 11 is 0. The van der Waals surface area contributed by atoms with E-state index in [-0.39, 0.29) is 18.3 Å². The topological polar surface area (TPSA) is 88.8 Å². The molecule has 2 fully saturated rings. The number of hydrogen-bond donors (Lipinski definition) is 1. The number of pyridine rings is 1. The van der Waals surface area contributed by atoms with Gasteiger partial charge < -0.3 is 24.2 Å². The second-order valence-electron chi connectivity index (χ2n) is 10.3. The van der Waals surface area contributed by atoms with Crippen LogP contribution in [0.1, 0.15) is 46.4 Å². The van der Waals surface area contributed by atoms with E-state index >= 15 is 0 Å². The largest absolute Gasteiger partial charge is 0.494 e. The average Bonchev–Trinajstić information content (AvgIpc) is 3.42. The second-order valence-corrected chi connectivity index (χ2v) is 10.3. The molecule has 2 aromatic heterocycles. The highest BCUT2D eigenvalue weighted by Crippen LogP contribution is 2.36. The Kier molecular flexibility index (Phi) is 6.07. The van der Waals surface area contributed by atoms with Crippen molar-refractivity contribution in [2.45, 2.75) is 51.9 Å². The summed E-state index contributed by atoms with van der Waals surface area (Å²) in [5.74, 6) is 0.675. The number of rotatable bonds is 5. The van der Waals surface area contributed by atoms with Crippen LogP contribution in [0.3, 0.4) is 0 Å². The Labute approximate surface area is 206 Å². The van der Waals surface area contributed by atoms with E-state index in [1.807, 2.05) is 12.3 Å². The van der Waals surface area contributed by atoms with Crippen molar-refractivity contribution in [3.8, 4) is 5.82 Å². The molecule has 0 aliphatic carbocycles. The van der Waals surface area contributed by atoms with Gasteiger partial charge in [-0.2, -0.15) is 0 Å². The van der Waals surface area contributed by atoms with Gasteiger partial charge in [0.1, 0.15) is 5.69 Å². The van der Waals surface area contributed by atoms with Gasteiger partial charge in [-0.1, -0.05) is 17.3 Å². The van der Waals surface area contributed by atoms with Crippen LogP contribution in [-0.4, -0.2) is 69.6 Å². The van der Waals surface area contributed by atoms with Crippen molar-refractivity contribution in [3.05, 3.63) is 54.5 Å². The quantitative estimate of drug-likeness (QED) is 0.562. The summed E-state index contributed by atoms with van der Waals surface area (Å²) in [5.41, 5.74) is 3.19. The zero-order chi connectivity index (χ0) is 24.8. The predicted octanol–water partition coefficient (Wildman–Crippen LogP) is 2.34. The minimum atomic E-state index is -0.654. The van der Waals surface area contributed by atoms with E-state index in [1.54, 1.807) is 17.8 Å². The highest BCUT2D eigenvalue weighted by atomic mass is 16.7. The maximum Gasteiger partial charge on any atom is 0.494 e. The molecule has 0 bridgehead atoms. The zero-order valence-corrected chi connectivity index (χ0v) is 21.0. The Balaban J connectivity index is 1.18. The molecule has 0 radical (unpaired) electrons. The molecule has 0 saturated carbocycles. The molecular formula is C25H33BN6O3. The Hall–Kier alpha value is -2.95. The van der Waals surface area contributed by atoms with Crippen LogP contribution in [0, 0.1) is 0 Å². The van der Waals surface area contributed by atoms with Gasteiger partial charge in [-0.15, -0.1) is 5.10 Å². The molecular weight excluding hydrogens is 443 g/mol. The first-order valence-electron chi connectivity index (χ1n) is 12.2. The number of hydrogen-bond acceptors (Lipinski definition) is 8. The van der Waals surface area contributed by atoms with E-state index in [4.69, 9.17) is 9.31 Å². The summed E-state index contributed by atoms with van der Waals surface area (Å²) < 4.78 is 13.9. The third kappa shape index (κ3) is 4.65. The monoisotopic (exact) mass is 476 g/mol. The maximum atomic E-state index is 9.64. The lowest BCUT2D eigenvalue weighted by Gasteiger charge is -2.37. The minimum Gasteiger partial charge on any atom is -0.399 e. The Morgan fingerprint density at radius 3 is 1.97 bits per heavy atom. The van der Waals surface area contributed by atoms with Crippen molar-refractivity contribution in [2.75, 3.05) is 36.0 Å². The van der Waals surface area contributed by atoms with Crippen LogP contribution in [0.25, 0.3) is 5.82 Å². The van der Waals surface area contributed by atoms with E-state index in [0.717, 1.165) is 37.3 Å². The van der Waals surface area contributed by atoms with E-state index in [1.165, 1.54) is 5.69 Å². The Bertz CT molecular complexity index is 1140. The van der Waals surface area contributed by atoms with Crippen LogP contribution in [0.2, 0.25) is 0 Å². The van der Waals surface area contributed by atoms with Gasteiger partial charge >= 0.3 is 7.12 Å². The van der Waals surface area contributed by atoms with Gasteiger partial charge in [0.15, 0.2) is 5.82 Å². The highest BCUT2D eigenvalue weighted by molar-refractivity contribution is 6.62. The number of aliphatic hydroxyl groups is 1. The van der Waals surface area contributed by atoms with Gasteiger partial charge in [-0.05, 0) is 64.3 Å². The van der Waals surface area contributed by atoms with Crippen molar-refractivity contribution in [1.82, 2.24) is 20.0 Å². The van der Waals surface area contributed by atoms with Crippen molar-refractivity contribution < 1.29 is 14.4 Å². The summed E-state index contributed by atoms with van der Waals surface area (Å²) in [6, 6.07) is 12.5. The molecule has 1 atom stereocenters. The fraction of sp³-hybridized carbons (Fsp3) is 0.480. The van der Waals surface area contributed by atoms with Crippen LogP contribution < -0.4 is 15.3 Å². The fourth-order valence-electron chi connectivity index (χ4n) is 4.33. The molecule has 1 unspecified atom stereocenters. The lowest BCUT2D eigenvalue weighted by molar-refractivity contribution is 0.00578. The van der Waals surface area contributed by atoms with E-state index in [2.05, 4.69) is 83.1 Å². The van der Waals surface area contributed by atoms with Gasteiger partial charge in [0.25, 0.3) is 0 Å². The van der Waals surface area contributed by atoms with Crippen molar-refractivity contribution >= 4 is 24.0 Å². The van der Waals surface area contributed by atoms with Crippen LogP contribution in [-0.2, 0) is 9.31 Å². The molecule has 9 nitrogen and oxygen atoms in total. The van der Waals surface area contributed by atoms with Crippen LogP contribution in [0.4, 0.5) is 11.4 Å². The van der Waals surface area contributed by atoms with Crippen LogP contribution in [0.5, 0.6) is 0 Å². The molecule has 0 amide bonds. The molecule has 35 heavy (non-hydrogen) atoms. The summed E-state index contributed by atoms with van der Waals surface area (Å²) in [5, 5.41) is 17.7. The molecule has 2 aliphatic rings. The maximum absolute atomic E-state index is 9.64. The smallest absolute Gasteiger partial charge is 0.399 e. The summed E-state index contributed by atoms with van der Waals surface area (Å²) in [6.45, 7) is 13.6. The van der Waals surface area contributed by atoms with Crippen molar-refractivity contribution in [3.63, 3.8) is 0 Å². The number of nitrogens with zero attached hydrogens (tertiary/aromatic N) is 6.